The molecule has 21 heavy (non-hydrogen) atoms. The van der Waals surface area contributed by atoms with Gasteiger partial charge in [0.2, 0.25) is 0 Å². The Balaban J connectivity index is 2.29. The zero-order chi connectivity index (χ0) is 15.4. The molecule has 1 N–H and O–H groups in total. The van der Waals surface area contributed by atoms with Gasteiger partial charge in [0, 0.05) is 37.2 Å². The number of nitrogens with one attached hydrogen (secondary N) is 1. The number of nitrogens with zero attached hydrogens (tertiary/aromatic N) is 1. The fraction of sp³-hybridized carbons (Fsp3) is 0.625. The second kappa shape index (κ2) is 8.03. The number of rotatable bonds is 5. The molecule has 0 amide bonds. The normalized spacial score (nSPS) is 18.2. The lowest BCUT2D eigenvalue weighted by Gasteiger charge is -2.36. The Bertz CT molecular complexity index is 471. The summed E-state index contributed by atoms with van der Waals surface area (Å²) < 4.78 is 0. The largest absolute Gasteiger partial charge is 0.314 e. The van der Waals surface area contributed by atoms with E-state index in [-0.39, 0.29) is 6.04 Å². The molecule has 1 saturated heterocycles. The molecular weight excluding hydrogens is 327 g/mol. The summed E-state index contributed by atoms with van der Waals surface area (Å²) in [6.45, 7) is 8.60. The highest BCUT2D eigenvalue weighted by atomic mass is 35.5. The van der Waals surface area contributed by atoms with Gasteiger partial charge < -0.3 is 5.32 Å². The molecule has 1 aromatic rings. The predicted molar refractivity (Wildman–Crippen MR) is 92.7 cm³/mol. The van der Waals surface area contributed by atoms with Gasteiger partial charge in [0.05, 0.1) is 10.0 Å². The summed E-state index contributed by atoms with van der Waals surface area (Å²) in [5.41, 5.74) is 1.07. The average Bonchev–Trinajstić information content (AvgIpc) is 2.45. The van der Waals surface area contributed by atoms with E-state index < -0.39 is 0 Å². The van der Waals surface area contributed by atoms with Crippen LogP contribution in [0.4, 0.5) is 0 Å². The summed E-state index contributed by atoms with van der Waals surface area (Å²) in [5, 5.41) is 5.24. The maximum Gasteiger partial charge on any atom is 0.0641 e. The van der Waals surface area contributed by atoms with E-state index in [9.17, 15) is 0 Å². The minimum Gasteiger partial charge on any atom is -0.314 e. The van der Waals surface area contributed by atoms with Crippen LogP contribution in [0.5, 0.6) is 0 Å². The quantitative estimate of drug-likeness (QED) is 0.750. The zero-order valence-electron chi connectivity index (χ0n) is 12.6. The number of hydrogen-bond acceptors (Lipinski definition) is 2. The topological polar surface area (TPSA) is 15.3 Å². The van der Waals surface area contributed by atoms with Gasteiger partial charge in [0.1, 0.15) is 0 Å². The molecule has 1 aliphatic heterocycles. The third kappa shape index (κ3) is 4.74. The van der Waals surface area contributed by atoms with Gasteiger partial charge in [-0.15, -0.1) is 0 Å². The lowest BCUT2D eigenvalue weighted by Crippen LogP contribution is -2.45. The highest BCUT2D eigenvalue weighted by molar-refractivity contribution is 6.43. The summed E-state index contributed by atoms with van der Waals surface area (Å²) in [7, 11) is 0. The van der Waals surface area contributed by atoms with Crippen molar-refractivity contribution in [3.63, 3.8) is 0 Å². The van der Waals surface area contributed by atoms with E-state index in [1.807, 2.05) is 6.07 Å². The Morgan fingerprint density at radius 2 is 1.76 bits per heavy atom. The Kier molecular flexibility index (Phi) is 6.64. The molecule has 0 spiro atoms. The van der Waals surface area contributed by atoms with Crippen molar-refractivity contribution in [1.29, 1.82) is 0 Å². The second-order valence-electron chi connectivity index (χ2n) is 6.06. The van der Waals surface area contributed by atoms with Crippen LogP contribution in [0.25, 0.3) is 0 Å². The van der Waals surface area contributed by atoms with Gasteiger partial charge in [0.15, 0.2) is 0 Å². The lowest BCUT2D eigenvalue weighted by atomic mass is 9.95. The van der Waals surface area contributed by atoms with E-state index in [1.54, 1.807) is 6.07 Å². The van der Waals surface area contributed by atoms with Crippen molar-refractivity contribution in [2.24, 2.45) is 5.92 Å². The molecule has 1 aliphatic rings. The van der Waals surface area contributed by atoms with Gasteiger partial charge in [-0.1, -0.05) is 48.7 Å². The molecule has 0 aromatic heterocycles. The second-order valence-corrected chi connectivity index (χ2v) is 7.29. The third-order valence-electron chi connectivity index (χ3n) is 3.99. The summed E-state index contributed by atoms with van der Waals surface area (Å²) in [4.78, 5) is 2.49. The Morgan fingerprint density at radius 1 is 1.10 bits per heavy atom. The molecule has 0 aliphatic carbocycles. The Morgan fingerprint density at radius 3 is 2.38 bits per heavy atom. The Hall–Kier alpha value is 0.01000. The van der Waals surface area contributed by atoms with Crippen molar-refractivity contribution in [3.05, 3.63) is 32.8 Å². The van der Waals surface area contributed by atoms with Crippen LogP contribution in [0.1, 0.15) is 38.3 Å². The van der Waals surface area contributed by atoms with Crippen LogP contribution in [-0.4, -0.2) is 31.1 Å². The van der Waals surface area contributed by atoms with Gasteiger partial charge in [0.25, 0.3) is 0 Å². The first-order chi connectivity index (χ1) is 9.99. The molecule has 1 aromatic carbocycles. The van der Waals surface area contributed by atoms with E-state index >= 15 is 0 Å². The number of hydrogen-bond donors (Lipinski definition) is 1. The molecule has 1 heterocycles. The monoisotopic (exact) mass is 348 g/mol. The standard InChI is InChI=1S/C16H23Cl3N2/c1-11(2)3-4-15(21-7-5-20-6-8-21)13-9-12(17)10-14(18)16(13)19/h9-11,15,20H,3-8H2,1-2H3/t15-/m1/s1. The number of piperazine rings is 1. The van der Waals surface area contributed by atoms with Gasteiger partial charge in [-0.05, 0) is 36.5 Å². The van der Waals surface area contributed by atoms with E-state index in [2.05, 4.69) is 24.1 Å². The average molecular weight is 350 g/mol. The summed E-state index contributed by atoms with van der Waals surface area (Å²) in [6.07, 6.45) is 2.24. The van der Waals surface area contributed by atoms with E-state index in [4.69, 9.17) is 34.8 Å². The van der Waals surface area contributed by atoms with Crippen LogP contribution >= 0.6 is 34.8 Å². The van der Waals surface area contributed by atoms with Crippen molar-refractivity contribution in [1.82, 2.24) is 10.2 Å². The molecular formula is C16H23Cl3N2. The van der Waals surface area contributed by atoms with Crippen molar-refractivity contribution in [3.8, 4) is 0 Å². The third-order valence-corrected chi connectivity index (χ3v) is 5.02. The minimum atomic E-state index is 0.290. The highest BCUT2D eigenvalue weighted by Gasteiger charge is 2.25. The molecule has 0 bridgehead atoms. The fourth-order valence-electron chi connectivity index (χ4n) is 2.84. The van der Waals surface area contributed by atoms with Crippen LogP contribution in [0.3, 0.4) is 0 Å². The van der Waals surface area contributed by atoms with Crippen LogP contribution in [0, 0.1) is 5.92 Å². The Labute approximate surface area is 142 Å². The first kappa shape index (κ1) is 17.4. The first-order valence-corrected chi connectivity index (χ1v) is 8.71. The van der Waals surface area contributed by atoms with Gasteiger partial charge in [-0.25, -0.2) is 0 Å². The molecule has 0 unspecified atom stereocenters. The fourth-order valence-corrected chi connectivity index (χ4v) is 3.58. The van der Waals surface area contributed by atoms with Gasteiger partial charge in [-0.2, -0.15) is 0 Å². The first-order valence-electron chi connectivity index (χ1n) is 7.58. The van der Waals surface area contributed by atoms with Crippen molar-refractivity contribution >= 4 is 34.8 Å². The van der Waals surface area contributed by atoms with Crippen LogP contribution in [0.15, 0.2) is 12.1 Å². The summed E-state index contributed by atoms with van der Waals surface area (Å²) in [5.74, 6) is 0.670. The van der Waals surface area contributed by atoms with Crippen molar-refractivity contribution in [2.45, 2.75) is 32.7 Å². The molecule has 2 rings (SSSR count). The maximum atomic E-state index is 6.46. The number of halogens is 3. The number of benzene rings is 1. The highest BCUT2D eigenvalue weighted by Crippen LogP contribution is 2.38. The zero-order valence-corrected chi connectivity index (χ0v) is 14.9. The molecule has 1 fully saturated rings. The maximum absolute atomic E-state index is 6.46. The smallest absolute Gasteiger partial charge is 0.0641 e. The molecule has 118 valence electrons. The van der Waals surface area contributed by atoms with Crippen molar-refractivity contribution in [2.75, 3.05) is 26.2 Å². The molecule has 1 atom stereocenters. The van der Waals surface area contributed by atoms with Crippen LogP contribution in [0.2, 0.25) is 15.1 Å². The van der Waals surface area contributed by atoms with Gasteiger partial charge in [-0.3, -0.25) is 4.90 Å². The van der Waals surface area contributed by atoms with Crippen LogP contribution in [-0.2, 0) is 0 Å². The van der Waals surface area contributed by atoms with E-state index in [0.717, 1.165) is 44.6 Å². The SMILES string of the molecule is CC(C)CC[C@H](c1cc(Cl)cc(Cl)c1Cl)N1CCNCC1. The predicted octanol–water partition coefficient (Wildman–Crippen LogP) is 5.03. The van der Waals surface area contributed by atoms with E-state index in [1.165, 1.54) is 0 Å². The summed E-state index contributed by atoms with van der Waals surface area (Å²) in [6, 6.07) is 3.98. The molecule has 0 radical (unpaired) electrons. The summed E-state index contributed by atoms with van der Waals surface area (Å²) >= 11 is 18.9. The molecule has 2 nitrogen and oxygen atoms in total. The van der Waals surface area contributed by atoms with E-state index in [0.29, 0.717) is 21.0 Å². The lowest BCUT2D eigenvalue weighted by molar-refractivity contribution is 0.160. The molecule has 0 saturated carbocycles. The van der Waals surface area contributed by atoms with Crippen LogP contribution < -0.4 is 5.32 Å². The minimum absolute atomic E-state index is 0.290. The van der Waals surface area contributed by atoms with Crippen molar-refractivity contribution < 1.29 is 0 Å². The molecule has 5 heteroatoms. The van der Waals surface area contributed by atoms with Gasteiger partial charge >= 0.3 is 0 Å².